The number of ether oxygens (including phenoxy) is 2. The summed E-state index contributed by atoms with van der Waals surface area (Å²) in [4.78, 5) is 2.25. The zero-order chi connectivity index (χ0) is 13.8. The van der Waals surface area contributed by atoms with Crippen molar-refractivity contribution in [2.75, 3.05) is 27.3 Å². The van der Waals surface area contributed by atoms with Crippen molar-refractivity contribution in [1.29, 1.82) is 0 Å². The second-order valence-corrected chi connectivity index (χ2v) is 5.68. The molecular formula is C14H20BrNO3. The van der Waals surface area contributed by atoms with Crippen molar-refractivity contribution < 1.29 is 14.6 Å². The third-order valence-corrected chi connectivity index (χ3v) is 4.05. The number of rotatable bonds is 4. The van der Waals surface area contributed by atoms with Gasteiger partial charge in [-0.3, -0.25) is 4.90 Å². The van der Waals surface area contributed by atoms with E-state index in [0.717, 1.165) is 54.0 Å². The van der Waals surface area contributed by atoms with Gasteiger partial charge in [0.25, 0.3) is 0 Å². The second-order valence-electron chi connectivity index (χ2n) is 4.83. The summed E-state index contributed by atoms with van der Waals surface area (Å²) in [5, 5.41) is 9.72. The Balaban J connectivity index is 2.16. The van der Waals surface area contributed by atoms with E-state index in [1.807, 2.05) is 12.1 Å². The summed E-state index contributed by atoms with van der Waals surface area (Å²) in [5.74, 6) is 1.58. The number of benzene rings is 1. The first kappa shape index (κ1) is 14.6. The molecule has 1 N–H and O–H groups in total. The Kier molecular flexibility index (Phi) is 5.07. The first-order valence-electron chi connectivity index (χ1n) is 6.45. The highest BCUT2D eigenvalue weighted by Gasteiger charge is 2.19. The van der Waals surface area contributed by atoms with Crippen molar-refractivity contribution in [3.05, 3.63) is 22.2 Å². The molecule has 1 atom stereocenters. The lowest BCUT2D eigenvalue weighted by atomic mass is 10.1. The molecule has 1 heterocycles. The summed E-state index contributed by atoms with van der Waals surface area (Å²) in [6.45, 7) is 2.53. The molecule has 0 radical (unpaired) electrons. The van der Waals surface area contributed by atoms with E-state index in [0.29, 0.717) is 0 Å². The van der Waals surface area contributed by atoms with Crippen molar-refractivity contribution in [3.63, 3.8) is 0 Å². The van der Waals surface area contributed by atoms with Gasteiger partial charge < -0.3 is 14.6 Å². The Hall–Kier alpha value is -0.780. The van der Waals surface area contributed by atoms with Crippen LogP contribution in [0.5, 0.6) is 11.5 Å². The number of likely N-dealkylation sites (tertiary alicyclic amines) is 1. The maximum absolute atomic E-state index is 9.72. The van der Waals surface area contributed by atoms with E-state index >= 15 is 0 Å². The van der Waals surface area contributed by atoms with Gasteiger partial charge in [-0.05, 0) is 41.4 Å². The summed E-state index contributed by atoms with van der Waals surface area (Å²) in [6.07, 6.45) is 1.74. The van der Waals surface area contributed by atoms with Gasteiger partial charge in [0.2, 0.25) is 0 Å². The van der Waals surface area contributed by atoms with Gasteiger partial charge in [-0.15, -0.1) is 0 Å². The molecule has 0 saturated carbocycles. The molecule has 106 valence electrons. The molecule has 1 saturated heterocycles. The summed E-state index contributed by atoms with van der Waals surface area (Å²) in [6, 6.07) is 3.92. The van der Waals surface area contributed by atoms with Crippen molar-refractivity contribution in [3.8, 4) is 11.5 Å². The smallest absolute Gasteiger partial charge is 0.136 e. The Morgan fingerprint density at radius 1 is 1.32 bits per heavy atom. The normalized spacial score (nSPS) is 20.3. The van der Waals surface area contributed by atoms with Crippen LogP contribution in [-0.2, 0) is 6.54 Å². The molecule has 0 unspecified atom stereocenters. The average Bonchev–Trinajstić information content (AvgIpc) is 2.39. The van der Waals surface area contributed by atoms with Crippen LogP contribution in [-0.4, -0.2) is 43.4 Å². The fraction of sp³-hybridized carbons (Fsp3) is 0.571. The lowest BCUT2D eigenvalue weighted by Gasteiger charge is -2.30. The number of methoxy groups -OCH3 is 2. The lowest BCUT2D eigenvalue weighted by Crippen LogP contribution is -2.37. The summed E-state index contributed by atoms with van der Waals surface area (Å²) >= 11 is 3.50. The number of hydrogen-bond donors (Lipinski definition) is 1. The monoisotopic (exact) mass is 329 g/mol. The highest BCUT2D eigenvalue weighted by Crippen LogP contribution is 2.33. The molecule has 1 fully saturated rings. The van der Waals surface area contributed by atoms with Crippen LogP contribution < -0.4 is 9.47 Å². The highest BCUT2D eigenvalue weighted by atomic mass is 79.9. The van der Waals surface area contributed by atoms with Crippen LogP contribution >= 0.6 is 15.9 Å². The van der Waals surface area contributed by atoms with E-state index in [4.69, 9.17) is 9.47 Å². The molecule has 0 amide bonds. The summed E-state index contributed by atoms with van der Waals surface area (Å²) in [5.41, 5.74) is 1.10. The molecule has 19 heavy (non-hydrogen) atoms. The largest absolute Gasteiger partial charge is 0.496 e. The average molecular weight is 330 g/mol. The topological polar surface area (TPSA) is 41.9 Å². The van der Waals surface area contributed by atoms with Crippen LogP contribution in [0.25, 0.3) is 0 Å². The fourth-order valence-electron chi connectivity index (χ4n) is 2.46. The zero-order valence-electron chi connectivity index (χ0n) is 11.4. The van der Waals surface area contributed by atoms with E-state index in [-0.39, 0.29) is 6.10 Å². The predicted molar refractivity (Wildman–Crippen MR) is 77.8 cm³/mol. The number of halogens is 1. The number of hydrogen-bond acceptors (Lipinski definition) is 4. The van der Waals surface area contributed by atoms with Gasteiger partial charge in [0.15, 0.2) is 0 Å². The highest BCUT2D eigenvalue weighted by molar-refractivity contribution is 9.10. The Morgan fingerprint density at radius 2 is 2.05 bits per heavy atom. The van der Waals surface area contributed by atoms with Crippen molar-refractivity contribution in [2.45, 2.75) is 25.5 Å². The number of aliphatic hydroxyl groups excluding tert-OH is 1. The van der Waals surface area contributed by atoms with Gasteiger partial charge in [-0.25, -0.2) is 0 Å². The number of piperidine rings is 1. The van der Waals surface area contributed by atoms with Gasteiger partial charge in [-0.1, -0.05) is 0 Å². The first-order chi connectivity index (χ1) is 9.13. The van der Waals surface area contributed by atoms with E-state index < -0.39 is 0 Å². The minimum Gasteiger partial charge on any atom is -0.496 e. The van der Waals surface area contributed by atoms with E-state index in [1.165, 1.54) is 0 Å². The molecule has 4 nitrogen and oxygen atoms in total. The number of aliphatic hydroxyl groups is 1. The maximum atomic E-state index is 9.72. The molecule has 5 heteroatoms. The molecule has 0 aliphatic carbocycles. The molecule has 1 aliphatic heterocycles. The van der Waals surface area contributed by atoms with Crippen LogP contribution in [0.2, 0.25) is 0 Å². The first-order valence-corrected chi connectivity index (χ1v) is 7.24. The molecule has 0 aromatic heterocycles. The zero-order valence-corrected chi connectivity index (χ0v) is 12.9. The van der Waals surface area contributed by atoms with Gasteiger partial charge in [-0.2, -0.15) is 0 Å². The van der Waals surface area contributed by atoms with Gasteiger partial charge in [0.05, 0.1) is 24.8 Å². The second kappa shape index (κ2) is 6.59. The standard InChI is InChI=1S/C14H20BrNO3/c1-18-13-7-14(19-2)12(15)6-10(13)8-16-5-3-4-11(17)9-16/h6-7,11,17H,3-5,8-9H2,1-2H3/t11-/m0/s1. The van der Waals surface area contributed by atoms with Crippen LogP contribution in [0.4, 0.5) is 0 Å². The molecule has 1 aromatic carbocycles. The van der Waals surface area contributed by atoms with Crippen LogP contribution in [0.1, 0.15) is 18.4 Å². The fourth-order valence-corrected chi connectivity index (χ4v) is 3.01. The number of nitrogens with zero attached hydrogens (tertiary/aromatic N) is 1. The maximum Gasteiger partial charge on any atom is 0.136 e. The van der Waals surface area contributed by atoms with Gasteiger partial charge in [0, 0.05) is 24.7 Å². The molecule has 1 aliphatic rings. The van der Waals surface area contributed by atoms with Gasteiger partial charge >= 0.3 is 0 Å². The van der Waals surface area contributed by atoms with Crippen molar-refractivity contribution >= 4 is 15.9 Å². The van der Waals surface area contributed by atoms with E-state index in [9.17, 15) is 5.11 Å². The third kappa shape index (κ3) is 3.61. The molecule has 2 rings (SSSR count). The van der Waals surface area contributed by atoms with Crippen LogP contribution in [0.15, 0.2) is 16.6 Å². The molecular weight excluding hydrogens is 310 g/mol. The SMILES string of the molecule is COc1cc(OC)c(CN2CCC[C@H](O)C2)cc1Br. The molecule has 0 bridgehead atoms. The van der Waals surface area contributed by atoms with Crippen LogP contribution in [0.3, 0.4) is 0 Å². The van der Waals surface area contributed by atoms with E-state index in [2.05, 4.69) is 20.8 Å². The van der Waals surface area contributed by atoms with Crippen molar-refractivity contribution in [1.82, 2.24) is 4.90 Å². The Labute approximate surface area is 122 Å². The van der Waals surface area contributed by atoms with Gasteiger partial charge in [0.1, 0.15) is 11.5 Å². The van der Waals surface area contributed by atoms with E-state index in [1.54, 1.807) is 14.2 Å². The quantitative estimate of drug-likeness (QED) is 0.921. The summed E-state index contributed by atoms with van der Waals surface area (Å²) < 4.78 is 11.6. The number of β-amino-alcohol motifs (C(OH)–C–C–N with tert-alkyl or cyclic N) is 1. The Morgan fingerprint density at radius 3 is 2.68 bits per heavy atom. The van der Waals surface area contributed by atoms with Crippen LogP contribution in [0, 0.1) is 0 Å². The molecule has 1 aromatic rings. The predicted octanol–water partition coefficient (Wildman–Crippen LogP) is 2.42. The Bertz CT molecular complexity index is 439. The minimum atomic E-state index is -0.207. The minimum absolute atomic E-state index is 0.207. The lowest BCUT2D eigenvalue weighted by molar-refractivity contribution is 0.0664. The third-order valence-electron chi connectivity index (χ3n) is 3.43. The van der Waals surface area contributed by atoms with Crippen molar-refractivity contribution in [2.24, 2.45) is 0 Å². The summed E-state index contributed by atoms with van der Waals surface area (Å²) in [7, 11) is 3.30. The molecule has 0 spiro atoms.